The van der Waals surface area contributed by atoms with Crippen molar-refractivity contribution in [1.29, 1.82) is 0 Å². The molecule has 1 N–H and O–H groups in total. The molecule has 0 amide bonds. The molecule has 1 aromatic carbocycles. The zero-order valence-corrected chi connectivity index (χ0v) is 10.3. The molecule has 6 heteroatoms. The standard InChI is InChI=1S/C12H10ClNO4/c1-2-18-12(16)7-6-14(17)9-5-3-4-8(13)10(9)11(7)15/h3-6,17H,2H2,1H3. The van der Waals surface area contributed by atoms with E-state index in [0.29, 0.717) is 4.73 Å². The Labute approximate surface area is 107 Å². The summed E-state index contributed by atoms with van der Waals surface area (Å²) in [6.45, 7) is 1.77. The number of pyridine rings is 1. The fraction of sp³-hybridized carbons (Fsp3) is 0.167. The monoisotopic (exact) mass is 267 g/mol. The molecule has 94 valence electrons. The minimum absolute atomic E-state index is 0.0900. The van der Waals surface area contributed by atoms with Crippen LogP contribution in [0.1, 0.15) is 17.3 Å². The average molecular weight is 268 g/mol. The maximum absolute atomic E-state index is 12.1. The van der Waals surface area contributed by atoms with Gasteiger partial charge in [-0.2, -0.15) is 4.73 Å². The summed E-state index contributed by atoms with van der Waals surface area (Å²) in [7, 11) is 0. The number of ether oxygens (including phenoxy) is 1. The summed E-state index contributed by atoms with van der Waals surface area (Å²) in [6.07, 6.45) is 1.03. The van der Waals surface area contributed by atoms with Gasteiger partial charge in [0.05, 0.1) is 28.7 Å². The van der Waals surface area contributed by atoms with E-state index in [0.717, 1.165) is 6.20 Å². The molecule has 18 heavy (non-hydrogen) atoms. The Kier molecular flexibility index (Phi) is 3.25. The van der Waals surface area contributed by atoms with Crippen LogP contribution in [0.3, 0.4) is 0 Å². The molecule has 0 fully saturated rings. The Hall–Kier alpha value is -2.01. The molecule has 0 radical (unpaired) electrons. The lowest BCUT2D eigenvalue weighted by molar-refractivity contribution is 0.0520. The van der Waals surface area contributed by atoms with Gasteiger partial charge < -0.3 is 9.94 Å². The molecular weight excluding hydrogens is 258 g/mol. The lowest BCUT2D eigenvalue weighted by atomic mass is 10.1. The number of hydrogen-bond donors (Lipinski definition) is 1. The first kappa shape index (κ1) is 12.4. The van der Waals surface area contributed by atoms with Crippen molar-refractivity contribution in [2.45, 2.75) is 6.92 Å². The molecule has 0 aliphatic heterocycles. The van der Waals surface area contributed by atoms with Gasteiger partial charge in [-0.1, -0.05) is 17.7 Å². The summed E-state index contributed by atoms with van der Waals surface area (Å²) in [6, 6.07) is 4.64. The predicted molar refractivity (Wildman–Crippen MR) is 66.4 cm³/mol. The highest BCUT2D eigenvalue weighted by Gasteiger charge is 2.17. The normalized spacial score (nSPS) is 10.6. The second-order valence-electron chi connectivity index (χ2n) is 3.57. The van der Waals surface area contributed by atoms with Gasteiger partial charge in [-0.3, -0.25) is 4.79 Å². The molecule has 0 unspecified atom stereocenters. The fourth-order valence-electron chi connectivity index (χ4n) is 1.67. The molecule has 0 bridgehead atoms. The van der Waals surface area contributed by atoms with Crippen molar-refractivity contribution in [1.82, 2.24) is 4.73 Å². The van der Waals surface area contributed by atoms with Crippen LogP contribution in [0.5, 0.6) is 0 Å². The van der Waals surface area contributed by atoms with Gasteiger partial charge in [0, 0.05) is 0 Å². The van der Waals surface area contributed by atoms with E-state index in [4.69, 9.17) is 16.3 Å². The van der Waals surface area contributed by atoms with Crippen LogP contribution in [0.15, 0.2) is 29.2 Å². The molecule has 0 spiro atoms. The summed E-state index contributed by atoms with van der Waals surface area (Å²) >= 11 is 5.91. The van der Waals surface area contributed by atoms with Crippen molar-refractivity contribution >= 4 is 28.5 Å². The molecule has 0 aliphatic rings. The van der Waals surface area contributed by atoms with Crippen molar-refractivity contribution < 1.29 is 14.7 Å². The van der Waals surface area contributed by atoms with Gasteiger partial charge in [0.1, 0.15) is 5.56 Å². The minimum atomic E-state index is -0.785. The Balaban J connectivity index is 2.80. The first-order valence-electron chi connectivity index (χ1n) is 5.26. The number of carbonyl (C=O) groups is 1. The van der Waals surface area contributed by atoms with Crippen molar-refractivity contribution in [2.75, 3.05) is 6.61 Å². The zero-order valence-electron chi connectivity index (χ0n) is 9.51. The first-order valence-corrected chi connectivity index (χ1v) is 5.64. The van der Waals surface area contributed by atoms with E-state index in [1.807, 2.05) is 0 Å². The van der Waals surface area contributed by atoms with E-state index in [9.17, 15) is 14.8 Å². The summed E-state index contributed by atoms with van der Waals surface area (Å²) in [5, 5.41) is 9.99. The summed E-state index contributed by atoms with van der Waals surface area (Å²) in [5.41, 5.74) is -0.570. The third-order valence-corrected chi connectivity index (χ3v) is 2.77. The van der Waals surface area contributed by atoms with Gasteiger partial charge in [-0.05, 0) is 19.1 Å². The van der Waals surface area contributed by atoms with E-state index < -0.39 is 11.4 Å². The summed E-state index contributed by atoms with van der Waals surface area (Å²) in [5.74, 6) is -0.785. The number of benzene rings is 1. The second kappa shape index (κ2) is 4.70. The number of nitrogens with zero attached hydrogens (tertiary/aromatic N) is 1. The van der Waals surface area contributed by atoms with Crippen molar-refractivity contribution in [3.05, 3.63) is 45.2 Å². The van der Waals surface area contributed by atoms with Gasteiger partial charge in [0.25, 0.3) is 0 Å². The van der Waals surface area contributed by atoms with Gasteiger partial charge in [0.2, 0.25) is 5.43 Å². The lowest BCUT2D eigenvalue weighted by Crippen LogP contribution is -2.20. The fourth-order valence-corrected chi connectivity index (χ4v) is 1.92. The Bertz CT molecular complexity index is 678. The first-order chi connectivity index (χ1) is 8.56. The topological polar surface area (TPSA) is 68.5 Å². The van der Waals surface area contributed by atoms with Crippen LogP contribution >= 0.6 is 11.6 Å². The average Bonchev–Trinajstić information content (AvgIpc) is 2.33. The van der Waals surface area contributed by atoms with Crippen LogP contribution in [0, 0.1) is 0 Å². The SMILES string of the molecule is CCOC(=O)c1cn(O)c2cccc(Cl)c2c1=O. The van der Waals surface area contributed by atoms with Gasteiger partial charge in [0.15, 0.2) is 0 Å². The number of rotatable bonds is 2. The smallest absolute Gasteiger partial charge is 0.343 e. The van der Waals surface area contributed by atoms with Gasteiger partial charge >= 0.3 is 5.97 Å². The number of fused-ring (bicyclic) bond motifs is 1. The molecule has 2 rings (SSSR count). The van der Waals surface area contributed by atoms with E-state index in [2.05, 4.69) is 0 Å². The number of carbonyl (C=O) groups excluding carboxylic acids is 1. The number of aromatic nitrogens is 1. The molecule has 5 nitrogen and oxygen atoms in total. The van der Waals surface area contributed by atoms with Gasteiger partial charge in [-0.15, -0.1) is 0 Å². The molecule has 1 heterocycles. The molecule has 1 aromatic heterocycles. The number of hydrogen-bond acceptors (Lipinski definition) is 4. The van der Waals surface area contributed by atoms with Gasteiger partial charge in [-0.25, -0.2) is 4.79 Å². The quantitative estimate of drug-likeness (QED) is 0.668. The summed E-state index contributed by atoms with van der Waals surface area (Å²) in [4.78, 5) is 23.7. The second-order valence-corrected chi connectivity index (χ2v) is 3.98. The third kappa shape index (κ3) is 1.93. The van der Waals surface area contributed by atoms with E-state index in [-0.39, 0.29) is 28.1 Å². The summed E-state index contributed by atoms with van der Waals surface area (Å²) < 4.78 is 5.44. The highest BCUT2D eigenvalue weighted by Crippen LogP contribution is 2.20. The number of halogens is 1. The number of esters is 1. The molecule has 0 aliphatic carbocycles. The Morgan fingerprint density at radius 2 is 2.22 bits per heavy atom. The molecule has 2 aromatic rings. The van der Waals surface area contributed by atoms with Crippen LogP contribution < -0.4 is 5.43 Å². The third-order valence-electron chi connectivity index (χ3n) is 2.46. The van der Waals surface area contributed by atoms with Crippen LogP contribution in [0.25, 0.3) is 10.9 Å². The van der Waals surface area contributed by atoms with Crippen LogP contribution in [0.4, 0.5) is 0 Å². The Morgan fingerprint density at radius 1 is 1.50 bits per heavy atom. The maximum Gasteiger partial charge on any atom is 0.343 e. The zero-order chi connectivity index (χ0) is 13.3. The van der Waals surface area contributed by atoms with Crippen LogP contribution in [0.2, 0.25) is 5.02 Å². The maximum atomic E-state index is 12.1. The van der Waals surface area contributed by atoms with E-state index in [1.54, 1.807) is 13.0 Å². The lowest BCUT2D eigenvalue weighted by Gasteiger charge is -2.08. The highest BCUT2D eigenvalue weighted by molar-refractivity contribution is 6.35. The van der Waals surface area contributed by atoms with Crippen molar-refractivity contribution in [2.24, 2.45) is 0 Å². The van der Waals surface area contributed by atoms with Crippen molar-refractivity contribution in [3.63, 3.8) is 0 Å². The van der Waals surface area contributed by atoms with Crippen molar-refractivity contribution in [3.8, 4) is 0 Å². The van der Waals surface area contributed by atoms with Crippen LogP contribution in [-0.2, 0) is 4.74 Å². The van der Waals surface area contributed by atoms with E-state index in [1.165, 1.54) is 12.1 Å². The van der Waals surface area contributed by atoms with Crippen LogP contribution in [-0.4, -0.2) is 22.5 Å². The predicted octanol–water partition coefficient (Wildman–Crippen LogP) is 2.07. The minimum Gasteiger partial charge on any atom is -0.462 e. The largest absolute Gasteiger partial charge is 0.462 e. The highest BCUT2D eigenvalue weighted by atomic mass is 35.5. The molecule has 0 saturated heterocycles. The Morgan fingerprint density at radius 3 is 2.89 bits per heavy atom. The molecule has 0 atom stereocenters. The molecule has 0 saturated carbocycles. The van der Waals surface area contributed by atoms with E-state index >= 15 is 0 Å². The molecular formula is C12H10ClNO4.